The van der Waals surface area contributed by atoms with Crippen molar-refractivity contribution in [2.75, 3.05) is 5.32 Å². The van der Waals surface area contributed by atoms with E-state index in [4.69, 9.17) is 0 Å². The number of amides is 1. The number of hydrogen-bond acceptors (Lipinski definition) is 1. The van der Waals surface area contributed by atoms with Crippen molar-refractivity contribution in [3.63, 3.8) is 0 Å². The topological polar surface area (TPSA) is 34.0 Å². The molecule has 6 heteroatoms. The van der Waals surface area contributed by atoms with Gasteiger partial charge < -0.3 is 9.88 Å². The Bertz CT molecular complexity index is 881. The predicted octanol–water partition coefficient (Wildman–Crippen LogP) is 4.45. The number of nitrogens with one attached hydrogen (secondary N) is 1. The molecule has 0 saturated heterocycles. The lowest BCUT2D eigenvalue weighted by Crippen LogP contribution is -2.13. The van der Waals surface area contributed by atoms with Crippen LogP contribution in [0.3, 0.4) is 0 Å². The van der Waals surface area contributed by atoms with Crippen molar-refractivity contribution in [1.29, 1.82) is 0 Å². The van der Waals surface area contributed by atoms with E-state index in [0.717, 1.165) is 23.0 Å². The number of carbonyl (C=O) groups is 1. The van der Waals surface area contributed by atoms with Crippen molar-refractivity contribution in [2.24, 2.45) is 7.05 Å². The Balaban J connectivity index is 1.93. The van der Waals surface area contributed by atoms with Crippen LogP contribution in [-0.4, -0.2) is 10.5 Å². The zero-order valence-electron chi connectivity index (χ0n) is 12.2. The number of para-hydroxylation sites is 1. The van der Waals surface area contributed by atoms with Crippen LogP contribution in [0.4, 0.5) is 18.9 Å². The molecule has 0 aliphatic carbocycles. The van der Waals surface area contributed by atoms with E-state index in [1.165, 1.54) is 12.1 Å². The van der Waals surface area contributed by atoms with Crippen LogP contribution in [0.2, 0.25) is 0 Å². The summed E-state index contributed by atoms with van der Waals surface area (Å²) in [6.07, 6.45) is -2.78. The van der Waals surface area contributed by atoms with E-state index >= 15 is 0 Å². The lowest BCUT2D eigenvalue weighted by atomic mass is 10.1. The maximum Gasteiger partial charge on any atom is 0.416 e. The average molecular weight is 318 g/mol. The molecule has 118 valence electrons. The lowest BCUT2D eigenvalue weighted by molar-refractivity contribution is -0.137. The number of benzene rings is 2. The van der Waals surface area contributed by atoms with E-state index in [2.05, 4.69) is 5.32 Å². The number of aromatic nitrogens is 1. The van der Waals surface area contributed by atoms with Crippen molar-refractivity contribution in [3.8, 4) is 0 Å². The van der Waals surface area contributed by atoms with Gasteiger partial charge in [0.1, 0.15) is 0 Å². The van der Waals surface area contributed by atoms with Gasteiger partial charge in [-0.1, -0.05) is 24.3 Å². The number of carbonyl (C=O) groups excluding carboxylic acids is 1. The molecule has 1 heterocycles. The van der Waals surface area contributed by atoms with Crippen molar-refractivity contribution in [2.45, 2.75) is 6.18 Å². The zero-order valence-corrected chi connectivity index (χ0v) is 12.2. The van der Waals surface area contributed by atoms with Crippen LogP contribution in [0.1, 0.15) is 15.9 Å². The zero-order chi connectivity index (χ0) is 16.6. The van der Waals surface area contributed by atoms with Crippen LogP contribution in [0.25, 0.3) is 10.9 Å². The van der Waals surface area contributed by atoms with Gasteiger partial charge in [0.05, 0.1) is 11.1 Å². The maximum atomic E-state index is 12.7. The summed E-state index contributed by atoms with van der Waals surface area (Å²) >= 11 is 0. The number of halogens is 3. The van der Waals surface area contributed by atoms with Crippen molar-refractivity contribution in [1.82, 2.24) is 4.57 Å². The van der Waals surface area contributed by atoms with E-state index < -0.39 is 17.6 Å². The summed E-state index contributed by atoms with van der Waals surface area (Å²) in [6.45, 7) is 0. The van der Waals surface area contributed by atoms with Crippen LogP contribution >= 0.6 is 0 Å². The molecule has 1 N–H and O–H groups in total. The van der Waals surface area contributed by atoms with Gasteiger partial charge in [-0.15, -0.1) is 0 Å². The molecule has 0 aliphatic heterocycles. The second kappa shape index (κ2) is 5.46. The van der Waals surface area contributed by atoms with Gasteiger partial charge in [0, 0.05) is 29.8 Å². The van der Waals surface area contributed by atoms with E-state index in [1.54, 1.807) is 16.8 Å². The molecule has 3 aromatic rings. The Morgan fingerprint density at radius 3 is 2.57 bits per heavy atom. The van der Waals surface area contributed by atoms with Gasteiger partial charge in [-0.3, -0.25) is 4.79 Å². The fourth-order valence-electron chi connectivity index (χ4n) is 2.49. The summed E-state index contributed by atoms with van der Waals surface area (Å²) in [7, 11) is 1.81. The summed E-state index contributed by atoms with van der Waals surface area (Å²) in [5.74, 6) is -0.443. The molecule has 0 fully saturated rings. The minimum absolute atomic E-state index is 0.109. The summed E-state index contributed by atoms with van der Waals surface area (Å²) in [6, 6.07) is 11.9. The first kappa shape index (κ1) is 15.1. The number of fused-ring (bicyclic) bond motifs is 1. The monoisotopic (exact) mass is 318 g/mol. The number of alkyl halides is 3. The maximum absolute atomic E-state index is 12.7. The van der Waals surface area contributed by atoms with Crippen molar-refractivity contribution in [3.05, 3.63) is 65.9 Å². The Kier molecular flexibility index (Phi) is 3.60. The number of hydrogen-bond donors (Lipinski definition) is 1. The SMILES string of the molecule is Cn1cc(C(=O)Nc2cccc(C(F)(F)F)c2)c2ccccc21. The molecule has 2 aromatic carbocycles. The lowest BCUT2D eigenvalue weighted by Gasteiger charge is -2.09. The third-order valence-corrected chi connectivity index (χ3v) is 3.59. The second-order valence-electron chi connectivity index (χ2n) is 5.20. The Morgan fingerprint density at radius 1 is 1.09 bits per heavy atom. The minimum Gasteiger partial charge on any atom is -0.350 e. The summed E-state index contributed by atoms with van der Waals surface area (Å²) < 4.78 is 40.0. The van der Waals surface area contributed by atoms with E-state index in [0.29, 0.717) is 5.56 Å². The molecule has 1 amide bonds. The molecule has 0 atom stereocenters. The molecule has 0 radical (unpaired) electrons. The Morgan fingerprint density at radius 2 is 1.83 bits per heavy atom. The van der Waals surface area contributed by atoms with Gasteiger partial charge >= 0.3 is 6.18 Å². The highest BCUT2D eigenvalue weighted by molar-refractivity contribution is 6.13. The minimum atomic E-state index is -4.44. The first-order valence-electron chi connectivity index (χ1n) is 6.89. The Labute approximate surface area is 130 Å². The van der Waals surface area contributed by atoms with Crippen LogP contribution < -0.4 is 5.32 Å². The van der Waals surface area contributed by atoms with Gasteiger partial charge in [-0.05, 0) is 24.3 Å². The molecule has 0 spiro atoms. The van der Waals surface area contributed by atoms with Gasteiger partial charge in [-0.2, -0.15) is 13.2 Å². The summed E-state index contributed by atoms with van der Waals surface area (Å²) in [4.78, 5) is 12.4. The molecule has 0 saturated carbocycles. The van der Waals surface area contributed by atoms with Crippen molar-refractivity contribution < 1.29 is 18.0 Å². The number of aryl methyl sites for hydroxylation is 1. The molecule has 1 aromatic heterocycles. The molecule has 0 bridgehead atoms. The summed E-state index contributed by atoms with van der Waals surface area (Å²) in [5, 5.41) is 3.27. The fourth-order valence-corrected chi connectivity index (χ4v) is 2.49. The molecular formula is C17H13F3N2O. The number of rotatable bonds is 2. The van der Waals surface area contributed by atoms with Crippen LogP contribution in [-0.2, 0) is 13.2 Å². The highest BCUT2D eigenvalue weighted by Gasteiger charge is 2.30. The predicted molar refractivity (Wildman–Crippen MR) is 82.3 cm³/mol. The molecule has 3 nitrogen and oxygen atoms in total. The normalized spacial score (nSPS) is 11.7. The van der Waals surface area contributed by atoms with Crippen LogP contribution in [0.15, 0.2) is 54.7 Å². The third kappa shape index (κ3) is 2.92. The standard InChI is InChI=1S/C17H13F3N2O/c1-22-10-14(13-7-2-3-8-15(13)22)16(23)21-12-6-4-5-11(9-12)17(18,19)20/h2-10H,1H3,(H,21,23). The van der Waals surface area contributed by atoms with E-state index in [9.17, 15) is 18.0 Å². The Hall–Kier alpha value is -2.76. The molecular weight excluding hydrogens is 305 g/mol. The highest BCUT2D eigenvalue weighted by Crippen LogP contribution is 2.31. The first-order valence-corrected chi connectivity index (χ1v) is 6.89. The van der Waals surface area contributed by atoms with Gasteiger partial charge in [-0.25, -0.2) is 0 Å². The quantitative estimate of drug-likeness (QED) is 0.744. The fraction of sp³-hybridized carbons (Fsp3) is 0.118. The van der Waals surface area contributed by atoms with E-state index in [1.807, 2.05) is 25.2 Å². The van der Waals surface area contributed by atoms with Gasteiger partial charge in [0.2, 0.25) is 0 Å². The smallest absolute Gasteiger partial charge is 0.350 e. The van der Waals surface area contributed by atoms with Gasteiger partial charge in [0.15, 0.2) is 0 Å². The molecule has 3 rings (SSSR count). The molecule has 0 aliphatic rings. The van der Waals surface area contributed by atoms with Crippen LogP contribution in [0.5, 0.6) is 0 Å². The first-order chi connectivity index (χ1) is 10.9. The van der Waals surface area contributed by atoms with Crippen molar-refractivity contribution >= 4 is 22.5 Å². The van der Waals surface area contributed by atoms with E-state index in [-0.39, 0.29) is 5.69 Å². The highest BCUT2D eigenvalue weighted by atomic mass is 19.4. The van der Waals surface area contributed by atoms with Crippen LogP contribution in [0, 0.1) is 0 Å². The number of anilines is 1. The average Bonchev–Trinajstić information content (AvgIpc) is 2.85. The summed E-state index contributed by atoms with van der Waals surface area (Å²) in [5.41, 5.74) is 0.605. The second-order valence-corrected chi connectivity index (χ2v) is 5.20. The largest absolute Gasteiger partial charge is 0.416 e. The third-order valence-electron chi connectivity index (χ3n) is 3.59. The van der Waals surface area contributed by atoms with Gasteiger partial charge in [0.25, 0.3) is 5.91 Å². The molecule has 23 heavy (non-hydrogen) atoms. The molecule has 0 unspecified atom stereocenters. The number of nitrogens with zero attached hydrogens (tertiary/aromatic N) is 1.